The summed E-state index contributed by atoms with van der Waals surface area (Å²) in [7, 11) is 0. The van der Waals surface area contributed by atoms with Crippen molar-refractivity contribution in [3.8, 4) is 5.75 Å². The molecule has 0 aliphatic carbocycles. The van der Waals surface area contributed by atoms with Crippen molar-refractivity contribution in [2.24, 2.45) is 0 Å². The molecule has 1 heterocycles. The van der Waals surface area contributed by atoms with E-state index in [0.717, 1.165) is 15.6 Å². The Morgan fingerprint density at radius 3 is 2.91 bits per heavy atom. The Kier molecular flexibility index (Phi) is 4.75. The molecule has 0 aliphatic rings. The van der Waals surface area contributed by atoms with Crippen LogP contribution in [0.1, 0.15) is 5.76 Å². The van der Waals surface area contributed by atoms with Gasteiger partial charge < -0.3 is 14.5 Å². The van der Waals surface area contributed by atoms with E-state index in [2.05, 4.69) is 21.2 Å². The number of rotatable bonds is 6. The van der Waals surface area contributed by atoms with E-state index in [9.17, 15) is 4.39 Å². The van der Waals surface area contributed by atoms with Gasteiger partial charge in [0.2, 0.25) is 0 Å². The van der Waals surface area contributed by atoms with E-state index in [1.807, 2.05) is 30.3 Å². The number of benzene rings is 2. The van der Waals surface area contributed by atoms with E-state index in [-0.39, 0.29) is 11.6 Å². The van der Waals surface area contributed by atoms with Crippen LogP contribution >= 0.6 is 15.9 Å². The third-order valence-electron chi connectivity index (χ3n) is 3.30. The number of furan rings is 1. The largest absolute Gasteiger partial charge is 0.489 e. The smallest absolute Gasteiger partial charge is 0.172 e. The molecule has 114 valence electrons. The van der Waals surface area contributed by atoms with E-state index in [0.29, 0.717) is 25.1 Å². The molecule has 3 aromatic rings. The molecule has 0 aliphatic heterocycles. The molecule has 0 radical (unpaired) electrons. The zero-order valence-corrected chi connectivity index (χ0v) is 13.4. The van der Waals surface area contributed by atoms with E-state index >= 15 is 0 Å². The minimum absolute atomic E-state index is 0.273. The van der Waals surface area contributed by atoms with Crippen molar-refractivity contribution in [1.82, 2.24) is 5.32 Å². The van der Waals surface area contributed by atoms with Crippen LogP contribution in [-0.4, -0.2) is 13.2 Å². The van der Waals surface area contributed by atoms with E-state index in [4.69, 9.17) is 9.15 Å². The SMILES string of the molecule is Fc1c(OCCNCc2ccco2)ccc2cc(Br)ccc12. The van der Waals surface area contributed by atoms with Crippen molar-refractivity contribution in [3.63, 3.8) is 0 Å². The van der Waals surface area contributed by atoms with Gasteiger partial charge in [0.1, 0.15) is 12.4 Å². The summed E-state index contributed by atoms with van der Waals surface area (Å²) in [4.78, 5) is 0. The Balaban J connectivity index is 1.57. The molecule has 1 aromatic heterocycles. The van der Waals surface area contributed by atoms with Crippen LogP contribution in [0.2, 0.25) is 0 Å². The zero-order valence-electron chi connectivity index (χ0n) is 11.8. The van der Waals surface area contributed by atoms with Gasteiger partial charge >= 0.3 is 0 Å². The first-order chi connectivity index (χ1) is 10.7. The van der Waals surface area contributed by atoms with Gasteiger partial charge in [0.25, 0.3) is 0 Å². The second-order valence-electron chi connectivity index (χ2n) is 4.85. The molecule has 0 saturated carbocycles. The molecular weight excluding hydrogens is 349 g/mol. The predicted molar refractivity (Wildman–Crippen MR) is 87.5 cm³/mol. The number of ether oxygens (including phenoxy) is 1. The van der Waals surface area contributed by atoms with Crippen molar-refractivity contribution in [2.75, 3.05) is 13.2 Å². The van der Waals surface area contributed by atoms with Crippen LogP contribution in [0, 0.1) is 5.82 Å². The highest BCUT2D eigenvalue weighted by Gasteiger charge is 2.08. The Bertz CT molecular complexity index is 759. The summed E-state index contributed by atoms with van der Waals surface area (Å²) in [5.74, 6) is 0.813. The Morgan fingerprint density at radius 2 is 2.09 bits per heavy atom. The fourth-order valence-electron chi connectivity index (χ4n) is 2.21. The molecule has 0 spiro atoms. The highest BCUT2D eigenvalue weighted by Crippen LogP contribution is 2.28. The molecule has 0 amide bonds. The number of hydrogen-bond donors (Lipinski definition) is 1. The third kappa shape index (κ3) is 3.48. The minimum Gasteiger partial charge on any atom is -0.489 e. The highest BCUT2D eigenvalue weighted by atomic mass is 79.9. The number of halogens is 2. The summed E-state index contributed by atoms with van der Waals surface area (Å²) in [6.45, 7) is 1.63. The lowest BCUT2D eigenvalue weighted by Gasteiger charge is -2.10. The summed E-state index contributed by atoms with van der Waals surface area (Å²) in [6.07, 6.45) is 1.64. The first kappa shape index (κ1) is 15.1. The molecule has 22 heavy (non-hydrogen) atoms. The summed E-state index contributed by atoms with van der Waals surface area (Å²) in [5.41, 5.74) is 0. The molecule has 3 rings (SSSR count). The van der Waals surface area contributed by atoms with Crippen LogP contribution in [0.3, 0.4) is 0 Å². The van der Waals surface area contributed by atoms with Crippen LogP contribution in [0.4, 0.5) is 4.39 Å². The fourth-order valence-corrected chi connectivity index (χ4v) is 2.59. The quantitative estimate of drug-likeness (QED) is 0.654. The molecular formula is C17H15BrFNO2. The first-order valence-electron chi connectivity index (χ1n) is 6.98. The molecule has 0 fully saturated rings. The minimum atomic E-state index is -0.323. The standard InChI is InChI=1S/C17H15BrFNO2/c18-13-4-5-15-12(10-13)3-6-16(17(15)19)22-9-7-20-11-14-2-1-8-21-14/h1-6,8,10,20H,7,9,11H2. The Morgan fingerprint density at radius 1 is 1.18 bits per heavy atom. The van der Waals surface area contributed by atoms with Crippen LogP contribution in [-0.2, 0) is 6.54 Å². The average Bonchev–Trinajstić information content (AvgIpc) is 3.02. The van der Waals surface area contributed by atoms with Gasteiger partial charge in [-0.15, -0.1) is 0 Å². The summed E-state index contributed by atoms with van der Waals surface area (Å²) in [6, 6.07) is 12.7. The summed E-state index contributed by atoms with van der Waals surface area (Å²) >= 11 is 3.38. The maximum absolute atomic E-state index is 14.4. The van der Waals surface area contributed by atoms with Gasteiger partial charge in [-0.2, -0.15) is 0 Å². The lowest BCUT2D eigenvalue weighted by atomic mass is 10.1. The van der Waals surface area contributed by atoms with E-state index in [1.165, 1.54) is 0 Å². The fraction of sp³-hybridized carbons (Fsp3) is 0.176. The maximum atomic E-state index is 14.4. The van der Waals surface area contributed by atoms with Gasteiger partial charge in [0, 0.05) is 16.4 Å². The number of nitrogens with one attached hydrogen (secondary N) is 1. The van der Waals surface area contributed by atoms with Gasteiger partial charge in [-0.1, -0.05) is 28.1 Å². The second kappa shape index (κ2) is 6.94. The van der Waals surface area contributed by atoms with Crippen molar-refractivity contribution < 1.29 is 13.5 Å². The van der Waals surface area contributed by atoms with Gasteiger partial charge in [-0.05, 0) is 35.7 Å². The lowest BCUT2D eigenvalue weighted by Crippen LogP contribution is -2.20. The van der Waals surface area contributed by atoms with Crippen LogP contribution in [0.25, 0.3) is 10.8 Å². The van der Waals surface area contributed by atoms with Gasteiger partial charge in [0.15, 0.2) is 11.6 Å². The molecule has 0 bridgehead atoms. The van der Waals surface area contributed by atoms with Gasteiger partial charge in [0.05, 0.1) is 12.8 Å². The van der Waals surface area contributed by atoms with Crippen LogP contribution in [0.15, 0.2) is 57.6 Å². The first-order valence-corrected chi connectivity index (χ1v) is 7.77. The predicted octanol–water partition coefficient (Wildman–Crippen LogP) is 4.50. The zero-order chi connectivity index (χ0) is 15.4. The molecule has 1 N–H and O–H groups in total. The lowest BCUT2D eigenvalue weighted by molar-refractivity contribution is 0.297. The molecule has 0 unspecified atom stereocenters. The molecule has 0 saturated heterocycles. The van der Waals surface area contributed by atoms with Crippen molar-refractivity contribution >= 4 is 26.7 Å². The second-order valence-corrected chi connectivity index (χ2v) is 5.76. The van der Waals surface area contributed by atoms with E-state index in [1.54, 1.807) is 18.4 Å². The van der Waals surface area contributed by atoms with E-state index < -0.39 is 0 Å². The number of hydrogen-bond acceptors (Lipinski definition) is 3. The van der Waals surface area contributed by atoms with Gasteiger partial charge in [-0.3, -0.25) is 0 Å². The van der Waals surface area contributed by atoms with Crippen molar-refractivity contribution in [3.05, 3.63) is 64.8 Å². The highest BCUT2D eigenvalue weighted by molar-refractivity contribution is 9.10. The Hall–Kier alpha value is -1.85. The summed E-state index contributed by atoms with van der Waals surface area (Å²) < 4.78 is 26.0. The van der Waals surface area contributed by atoms with Crippen molar-refractivity contribution in [1.29, 1.82) is 0 Å². The molecule has 3 nitrogen and oxygen atoms in total. The normalized spacial score (nSPS) is 11.0. The monoisotopic (exact) mass is 363 g/mol. The van der Waals surface area contributed by atoms with Crippen LogP contribution < -0.4 is 10.1 Å². The third-order valence-corrected chi connectivity index (χ3v) is 3.79. The topological polar surface area (TPSA) is 34.4 Å². The summed E-state index contributed by atoms with van der Waals surface area (Å²) in [5, 5.41) is 4.58. The Labute approximate surface area is 136 Å². The average molecular weight is 364 g/mol. The molecule has 2 aromatic carbocycles. The van der Waals surface area contributed by atoms with Crippen LogP contribution in [0.5, 0.6) is 5.75 Å². The van der Waals surface area contributed by atoms with Gasteiger partial charge in [-0.25, -0.2) is 4.39 Å². The van der Waals surface area contributed by atoms with Crippen molar-refractivity contribution in [2.45, 2.75) is 6.54 Å². The molecule has 5 heteroatoms. The number of fused-ring (bicyclic) bond motifs is 1. The molecule has 0 atom stereocenters. The maximum Gasteiger partial charge on any atom is 0.172 e.